The van der Waals surface area contributed by atoms with Crippen molar-refractivity contribution in [3.63, 3.8) is 0 Å². The second kappa shape index (κ2) is 9.21. The number of rotatable bonds is 2. The maximum Gasteiger partial charge on any atom is 0.309 e. The third kappa shape index (κ3) is 4.86. The number of fused-ring (bicyclic) bond motifs is 3. The number of aromatic nitrogens is 1. The molecule has 0 spiro atoms. The van der Waals surface area contributed by atoms with E-state index in [1.54, 1.807) is 27.0 Å². The third-order valence-corrected chi connectivity index (χ3v) is 8.26. The van der Waals surface area contributed by atoms with Crippen LogP contribution in [0.1, 0.15) is 77.8 Å². The summed E-state index contributed by atoms with van der Waals surface area (Å²) in [6.07, 6.45) is 3.81. The number of hydrogen-bond acceptors (Lipinski definition) is 8. The molecular weight excluding hydrogens is 438 g/mol. The van der Waals surface area contributed by atoms with Crippen molar-refractivity contribution in [1.29, 1.82) is 0 Å². The SMILES string of the molecule is C/C(=C\c1coc(C)n1)[C@@H]1C[C@H]2O[C@@]2(C)CCC[C@@H]2C[C@@](C)(C(=O)[C@H](C)[C@H]2O)[C@@H](O)CC(=O)O1. The van der Waals surface area contributed by atoms with Crippen molar-refractivity contribution >= 4 is 17.8 Å². The van der Waals surface area contributed by atoms with E-state index in [-0.39, 0.29) is 29.8 Å². The average molecular weight is 476 g/mol. The standard InChI is InChI=1S/C26H37NO7/c1-14(9-18-13-32-16(3)27-18)19-10-21-26(5,34-21)8-6-7-17-12-25(4,20(28)11-22(29)33-19)24(31)15(2)23(17)30/h9,13,15,17,19-21,23,28,30H,6-8,10-12H2,1-5H3/b14-9+/t15-,17-,19+,20+,21-,23-,25-,26+/m1/s1. The molecule has 3 heterocycles. The predicted octanol–water partition coefficient (Wildman–Crippen LogP) is 3.37. The van der Waals surface area contributed by atoms with E-state index >= 15 is 0 Å². The lowest BCUT2D eigenvalue weighted by molar-refractivity contribution is -0.161. The first-order valence-corrected chi connectivity index (χ1v) is 12.3. The first-order valence-electron chi connectivity index (χ1n) is 12.3. The van der Waals surface area contributed by atoms with Crippen molar-refractivity contribution in [2.24, 2.45) is 17.3 Å². The highest BCUT2D eigenvalue weighted by atomic mass is 16.6. The molecule has 1 aliphatic carbocycles. The van der Waals surface area contributed by atoms with Gasteiger partial charge in [-0.15, -0.1) is 0 Å². The van der Waals surface area contributed by atoms with Gasteiger partial charge < -0.3 is 24.1 Å². The topological polar surface area (TPSA) is 122 Å². The number of carbonyl (C=O) groups is 2. The number of ether oxygens (including phenoxy) is 2. The number of Topliss-reactive ketones (excluding diaryl/α,β-unsaturated/α-hetero) is 1. The molecule has 8 heteroatoms. The van der Waals surface area contributed by atoms with Gasteiger partial charge in [0.1, 0.15) is 23.8 Å². The number of aliphatic hydroxyl groups is 2. The Labute approximate surface area is 200 Å². The summed E-state index contributed by atoms with van der Waals surface area (Å²) in [6, 6.07) is 0. The van der Waals surface area contributed by atoms with E-state index in [4.69, 9.17) is 13.9 Å². The second-order valence-electron chi connectivity index (χ2n) is 11.0. The summed E-state index contributed by atoms with van der Waals surface area (Å²) in [7, 11) is 0. The van der Waals surface area contributed by atoms with E-state index in [1.165, 1.54) is 0 Å². The van der Waals surface area contributed by atoms with E-state index in [0.29, 0.717) is 24.4 Å². The normalized spacial score (nSPS) is 41.9. The van der Waals surface area contributed by atoms with E-state index in [1.807, 2.05) is 13.0 Å². The minimum atomic E-state index is -1.18. The molecule has 3 fully saturated rings. The molecule has 188 valence electrons. The number of aliphatic hydroxyl groups excluding tert-OH is 2. The molecule has 3 aliphatic rings. The molecule has 0 unspecified atom stereocenters. The Morgan fingerprint density at radius 2 is 2.00 bits per heavy atom. The van der Waals surface area contributed by atoms with Crippen LogP contribution in [0.15, 0.2) is 16.3 Å². The zero-order valence-electron chi connectivity index (χ0n) is 20.7. The van der Waals surface area contributed by atoms with Crippen molar-refractivity contribution in [2.45, 2.75) is 103 Å². The van der Waals surface area contributed by atoms with Gasteiger partial charge in [0.25, 0.3) is 0 Å². The third-order valence-electron chi connectivity index (χ3n) is 8.26. The van der Waals surface area contributed by atoms with Gasteiger partial charge in [-0.25, -0.2) is 4.98 Å². The van der Waals surface area contributed by atoms with Crippen LogP contribution in [-0.4, -0.2) is 57.0 Å². The van der Waals surface area contributed by atoms with Crippen LogP contribution in [0.25, 0.3) is 6.08 Å². The van der Waals surface area contributed by atoms with Crippen molar-refractivity contribution in [2.75, 3.05) is 0 Å². The van der Waals surface area contributed by atoms with Crippen LogP contribution in [0.3, 0.4) is 0 Å². The van der Waals surface area contributed by atoms with E-state index in [9.17, 15) is 19.8 Å². The summed E-state index contributed by atoms with van der Waals surface area (Å²) in [5, 5.41) is 21.8. The molecule has 1 aromatic rings. The molecule has 2 N–H and O–H groups in total. The maximum atomic E-state index is 13.1. The van der Waals surface area contributed by atoms with Crippen LogP contribution in [0.4, 0.5) is 0 Å². The number of hydrogen-bond donors (Lipinski definition) is 2. The fraction of sp³-hybridized carbons (Fsp3) is 0.731. The van der Waals surface area contributed by atoms with Crippen LogP contribution in [0.2, 0.25) is 0 Å². The molecule has 8 nitrogen and oxygen atoms in total. The van der Waals surface area contributed by atoms with Gasteiger partial charge in [0.05, 0.1) is 35.7 Å². The van der Waals surface area contributed by atoms with Gasteiger partial charge in [-0.05, 0) is 50.7 Å². The number of aryl methyl sites for hydroxylation is 1. The van der Waals surface area contributed by atoms with Crippen molar-refractivity contribution < 1.29 is 33.7 Å². The fourth-order valence-corrected chi connectivity index (χ4v) is 5.83. The molecule has 0 amide bonds. The van der Waals surface area contributed by atoms with Gasteiger partial charge in [-0.2, -0.15) is 0 Å². The van der Waals surface area contributed by atoms with Gasteiger partial charge >= 0.3 is 5.97 Å². The molecule has 1 aromatic heterocycles. The maximum absolute atomic E-state index is 13.1. The van der Waals surface area contributed by atoms with E-state index in [0.717, 1.165) is 24.8 Å². The highest BCUT2D eigenvalue weighted by molar-refractivity contribution is 5.89. The molecule has 34 heavy (non-hydrogen) atoms. The largest absolute Gasteiger partial charge is 0.458 e. The van der Waals surface area contributed by atoms with Gasteiger partial charge in [0, 0.05) is 19.3 Å². The Balaban J connectivity index is 1.59. The Kier molecular flexibility index (Phi) is 6.79. The summed E-state index contributed by atoms with van der Waals surface area (Å²) >= 11 is 0. The summed E-state index contributed by atoms with van der Waals surface area (Å²) in [6.45, 7) is 9.13. The van der Waals surface area contributed by atoms with Gasteiger partial charge in [0.15, 0.2) is 5.89 Å². The van der Waals surface area contributed by atoms with Gasteiger partial charge in [0.2, 0.25) is 0 Å². The first kappa shape index (κ1) is 25.1. The van der Waals surface area contributed by atoms with Crippen molar-refractivity contribution in [3.8, 4) is 0 Å². The Bertz CT molecular complexity index is 970. The van der Waals surface area contributed by atoms with Gasteiger partial charge in [-0.3, -0.25) is 9.59 Å². The van der Waals surface area contributed by atoms with Crippen molar-refractivity contribution in [3.05, 3.63) is 23.4 Å². The fourth-order valence-electron chi connectivity index (χ4n) is 5.83. The monoisotopic (exact) mass is 475 g/mol. The molecule has 8 atom stereocenters. The summed E-state index contributed by atoms with van der Waals surface area (Å²) in [5.41, 5.74) is 0.0403. The first-order chi connectivity index (χ1) is 15.9. The zero-order valence-corrected chi connectivity index (χ0v) is 20.7. The second-order valence-corrected chi connectivity index (χ2v) is 11.0. The Hall–Kier alpha value is -2.03. The number of nitrogens with zero attached hydrogens (tertiary/aromatic N) is 1. The molecule has 4 rings (SSSR count). The predicted molar refractivity (Wildman–Crippen MR) is 124 cm³/mol. The highest BCUT2D eigenvalue weighted by Gasteiger charge is 2.55. The summed E-state index contributed by atoms with van der Waals surface area (Å²) in [4.78, 5) is 30.3. The van der Waals surface area contributed by atoms with Crippen LogP contribution in [-0.2, 0) is 19.1 Å². The number of epoxide rings is 1. The van der Waals surface area contributed by atoms with Crippen LogP contribution in [0, 0.1) is 24.2 Å². The number of ketones is 1. The molecule has 2 aliphatic heterocycles. The molecule has 0 radical (unpaired) electrons. The smallest absolute Gasteiger partial charge is 0.309 e. The number of carbonyl (C=O) groups excluding carboxylic acids is 2. The van der Waals surface area contributed by atoms with E-state index in [2.05, 4.69) is 11.9 Å². The molecule has 1 saturated carbocycles. The molecular formula is C26H37NO7. The van der Waals surface area contributed by atoms with E-state index < -0.39 is 35.6 Å². The summed E-state index contributed by atoms with van der Waals surface area (Å²) < 4.78 is 17.2. The molecule has 0 aromatic carbocycles. The Morgan fingerprint density at radius 1 is 1.26 bits per heavy atom. The van der Waals surface area contributed by atoms with Crippen molar-refractivity contribution in [1.82, 2.24) is 4.98 Å². The number of oxazole rings is 1. The number of cyclic esters (lactones) is 1. The molecule has 2 saturated heterocycles. The lowest BCUT2D eigenvalue weighted by Gasteiger charge is -2.45. The van der Waals surface area contributed by atoms with Crippen LogP contribution >= 0.6 is 0 Å². The zero-order chi connectivity index (χ0) is 24.8. The lowest BCUT2D eigenvalue weighted by atomic mass is 9.60. The highest BCUT2D eigenvalue weighted by Crippen LogP contribution is 2.48. The van der Waals surface area contributed by atoms with Crippen LogP contribution < -0.4 is 0 Å². The minimum Gasteiger partial charge on any atom is -0.458 e. The lowest BCUT2D eigenvalue weighted by Crippen LogP contribution is -2.54. The average Bonchev–Trinajstić information content (AvgIpc) is 3.21. The quantitative estimate of drug-likeness (QED) is 0.493. The van der Waals surface area contributed by atoms with Crippen LogP contribution in [0.5, 0.6) is 0 Å². The minimum absolute atomic E-state index is 0.0531. The summed E-state index contributed by atoms with van der Waals surface area (Å²) in [5.74, 6) is -0.922. The Morgan fingerprint density at radius 3 is 2.68 bits per heavy atom. The molecule has 2 bridgehead atoms. The number of esters is 1. The van der Waals surface area contributed by atoms with Gasteiger partial charge in [-0.1, -0.05) is 20.3 Å².